The van der Waals surface area contributed by atoms with Gasteiger partial charge in [0.1, 0.15) is 17.8 Å². The summed E-state index contributed by atoms with van der Waals surface area (Å²) in [6.45, 7) is -0.284. The summed E-state index contributed by atoms with van der Waals surface area (Å²) in [5.41, 5.74) is 13.2. The highest BCUT2D eigenvalue weighted by Crippen LogP contribution is 2.29. The van der Waals surface area contributed by atoms with E-state index in [0.29, 0.717) is 21.6 Å². The van der Waals surface area contributed by atoms with E-state index in [1.807, 2.05) is 30.3 Å². The molecule has 32 heavy (non-hydrogen) atoms. The number of nitrogens with zero attached hydrogens (tertiary/aromatic N) is 3. The van der Waals surface area contributed by atoms with Gasteiger partial charge in [-0.2, -0.15) is 0 Å². The number of nitrogen functional groups attached to an aromatic ring is 1. The van der Waals surface area contributed by atoms with Gasteiger partial charge < -0.3 is 15.8 Å². The van der Waals surface area contributed by atoms with Crippen molar-refractivity contribution in [2.75, 3.05) is 23.1 Å². The summed E-state index contributed by atoms with van der Waals surface area (Å²) in [5.74, 6) is 0.462. The monoisotopic (exact) mass is 469 g/mol. The molecule has 2 aromatic heterocycles. The molecule has 0 atom stereocenters. The van der Waals surface area contributed by atoms with E-state index < -0.39 is 5.91 Å². The summed E-state index contributed by atoms with van der Waals surface area (Å²) in [6.07, 6.45) is 3.04. The van der Waals surface area contributed by atoms with Gasteiger partial charge in [-0.05, 0) is 42.5 Å². The first-order valence-electron chi connectivity index (χ1n) is 9.35. The number of amides is 1. The molecule has 0 bridgehead atoms. The van der Waals surface area contributed by atoms with Gasteiger partial charge in [-0.1, -0.05) is 29.3 Å². The molecular weight excluding hydrogens is 453 g/mol. The lowest BCUT2D eigenvalue weighted by Gasteiger charge is -2.14. The number of halogens is 2. The van der Waals surface area contributed by atoms with Crippen molar-refractivity contribution >= 4 is 63.0 Å². The van der Waals surface area contributed by atoms with E-state index in [0.717, 1.165) is 16.6 Å². The van der Waals surface area contributed by atoms with Crippen LogP contribution in [0.2, 0.25) is 10.0 Å². The molecule has 4 aromatic rings. The molecule has 0 saturated heterocycles. The van der Waals surface area contributed by atoms with Gasteiger partial charge in [0.05, 0.1) is 10.5 Å². The summed E-state index contributed by atoms with van der Waals surface area (Å²) in [6, 6.07) is 14.2. The number of ether oxygens (including phenoxy) is 1. The van der Waals surface area contributed by atoms with Crippen LogP contribution in [-0.2, 0) is 4.79 Å². The minimum absolute atomic E-state index is 0.218. The topological polar surface area (TPSA) is 127 Å². The van der Waals surface area contributed by atoms with Gasteiger partial charge in [0, 0.05) is 22.3 Å². The molecule has 0 spiro atoms. The highest BCUT2D eigenvalue weighted by Gasteiger charge is 2.12. The number of hydrazine groups is 1. The summed E-state index contributed by atoms with van der Waals surface area (Å²) in [7, 11) is 0. The van der Waals surface area contributed by atoms with Gasteiger partial charge in [-0.25, -0.2) is 9.97 Å². The Morgan fingerprint density at radius 2 is 1.88 bits per heavy atom. The largest absolute Gasteiger partial charge is 0.482 e. The molecule has 0 aliphatic carbocycles. The Labute approximate surface area is 192 Å². The van der Waals surface area contributed by atoms with Crippen LogP contribution in [0, 0.1) is 0 Å². The Balaban J connectivity index is 1.40. The smallest absolute Gasteiger partial charge is 0.276 e. The lowest BCUT2D eigenvalue weighted by molar-refractivity contribution is -0.122. The number of nitrogens with one attached hydrogen (secondary N) is 3. The van der Waals surface area contributed by atoms with Crippen LogP contribution in [0.1, 0.15) is 0 Å². The molecule has 4 rings (SSSR count). The summed E-state index contributed by atoms with van der Waals surface area (Å²) < 4.78 is 5.39. The first-order valence-corrected chi connectivity index (χ1v) is 10.1. The Bertz CT molecular complexity index is 1280. The van der Waals surface area contributed by atoms with Gasteiger partial charge >= 0.3 is 0 Å². The van der Waals surface area contributed by atoms with Gasteiger partial charge in [0.2, 0.25) is 0 Å². The minimum Gasteiger partial charge on any atom is -0.482 e. The highest BCUT2D eigenvalue weighted by atomic mass is 35.5. The van der Waals surface area contributed by atoms with Gasteiger partial charge in [-0.15, -0.1) is 0 Å². The SMILES string of the molecule is Nc1c(NNC(=O)COc2ccc(Cl)cc2Cl)ncnc1Nc1cccc2ncccc12. The van der Waals surface area contributed by atoms with Crippen LogP contribution < -0.4 is 26.6 Å². The maximum absolute atomic E-state index is 12.1. The Hall–Kier alpha value is -3.82. The quantitative estimate of drug-likeness (QED) is 0.297. The molecule has 0 aliphatic heterocycles. The normalized spacial score (nSPS) is 10.6. The predicted octanol–water partition coefficient (Wildman–Crippen LogP) is 4.18. The number of pyridine rings is 1. The second-order valence-electron chi connectivity index (χ2n) is 6.52. The van der Waals surface area contributed by atoms with Crippen molar-refractivity contribution in [1.29, 1.82) is 0 Å². The zero-order valence-electron chi connectivity index (χ0n) is 16.5. The first-order chi connectivity index (χ1) is 15.5. The van der Waals surface area contributed by atoms with E-state index in [-0.39, 0.29) is 18.1 Å². The number of carbonyl (C=O) groups excluding carboxylic acids is 1. The number of hydrogen-bond donors (Lipinski definition) is 4. The number of nitrogens with two attached hydrogens (primary N) is 1. The fraction of sp³-hybridized carbons (Fsp3) is 0.0476. The fourth-order valence-corrected chi connectivity index (χ4v) is 3.30. The fourth-order valence-electron chi connectivity index (χ4n) is 2.84. The van der Waals surface area contributed by atoms with Crippen molar-refractivity contribution in [2.24, 2.45) is 0 Å². The van der Waals surface area contributed by atoms with Gasteiger partial charge in [-0.3, -0.25) is 20.6 Å². The molecule has 0 radical (unpaired) electrons. The number of rotatable bonds is 7. The van der Waals surface area contributed by atoms with Crippen LogP contribution in [0.4, 0.5) is 23.0 Å². The van der Waals surface area contributed by atoms with Crippen molar-refractivity contribution in [2.45, 2.75) is 0 Å². The van der Waals surface area contributed by atoms with Crippen molar-refractivity contribution < 1.29 is 9.53 Å². The molecular formula is C21H17Cl2N7O2. The average molecular weight is 470 g/mol. The van der Waals surface area contributed by atoms with Crippen molar-refractivity contribution in [3.8, 4) is 5.75 Å². The molecule has 2 aromatic carbocycles. The van der Waals surface area contributed by atoms with Crippen molar-refractivity contribution in [1.82, 2.24) is 20.4 Å². The third-order valence-electron chi connectivity index (χ3n) is 4.36. The van der Waals surface area contributed by atoms with Crippen LogP contribution in [0.3, 0.4) is 0 Å². The molecule has 0 unspecified atom stereocenters. The molecule has 0 saturated carbocycles. The van der Waals surface area contributed by atoms with E-state index in [2.05, 4.69) is 31.1 Å². The van der Waals surface area contributed by atoms with Crippen LogP contribution in [0.5, 0.6) is 5.75 Å². The van der Waals surface area contributed by atoms with E-state index in [1.165, 1.54) is 12.4 Å². The van der Waals surface area contributed by atoms with Crippen molar-refractivity contribution in [3.05, 3.63) is 71.1 Å². The maximum Gasteiger partial charge on any atom is 0.276 e. The molecule has 162 valence electrons. The van der Waals surface area contributed by atoms with Gasteiger partial charge in [0.15, 0.2) is 18.2 Å². The van der Waals surface area contributed by atoms with Crippen molar-refractivity contribution in [3.63, 3.8) is 0 Å². The van der Waals surface area contributed by atoms with Crippen LogP contribution >= 0.6 is 23.2 Å². The van der Waals surface area contributed by atoms with Crippen LogP contribution in [-0.4, -0.2) is 27.5 Å². The van der Waals surface area contributed by atoms with E-state index >= 15 is 0 Å². The molecule has 2 heterocycles. The molecule has 9 nitrogen and oxygen atoms in total. The number of benzene rings is 2. The Kier molecular flexibility index (Phi) is 6.39. The number of fused-ring (bicyclic) bond motifs is 1. The standard InChI is InChI=1S/C21H17Cl2N7O2/c22-12-6-7-17(14(23)9-12)32-10-18(31)29-30-21-19(24)20(26-11-27-21)28-16-5-1-4-15-13(16)3-2-8-25-15/h1-9,11H,10,24H2,(H,29,31)(H2,26,27,28,30). The number of aromatic nitrogens is 3. The second kappa shape index (κ2) is 9.54. The average Bonchev–Trinajstić information content (AvgIpc) is 2.79. The Morgan fingerprint density at radius 3 is 2.72 bits per heavy atom. The minimum atomic E-state index is -0.469. The lowest BCUT2D eigenvalue weighted by atomic mass is 10.2. The molecule has 5 N–H and O–H groups in total. The summed E-state index contributed by atoms with van der Waals surface area (Å²) >= 11 is 11.9. The second-order valence-corrected chi connectivity index (χ2v) is 7.37. The zero-order chi connectivity index (χ0) is 22.5. The highest BCUT2D eigenvalue weighted by molar-refractivity contribution is 6.35. The predicted molar refractivity (Wildman–Crippen MR) is 125 cm³/mol. The van der Waals surface area contributed by atoms with E-state index in [4.69, 9.17) is 33.7 Å². The van der Waals surface area contributed by atoms with Crippen LogP contribution in [0.15, 0.2) is 61.1 Å². The third-order valence-corrected chi connectivity index (χ3v) is 4.89. The molecule has 1 amide bonds. The summed E-state index contributed by atoms with van der Waals surface area (Å²) in [4.78, 5) is 24.7. The Morgan fingerprint density at radius 1 is 1.03 bits per heavy atom. The summed E-state index contributed by atoms with van der Waals surface area (Å²) in [5, 5.41) is 4.87. The molecule has 11 heteroatoms. The molecule has 0 fully saturated rings. The maximum atomic E-state index is 12.1. The van der Waals surface area contributed by atoms with E-state index in [9.17, 15) is 4.79 Å². The molecule has 0 aliphatic rings. The third kappa shape index (κ3) is 4.90. The van der Waals surface area contributed by atoms with Crippen LogP contribution in [0.25, 0.3) is 10.9 Å². The van der Waals surface area contributed by atoms with E-state index in [1.54, 1.807) is 18.3 Å². The number of hydrogen-bond acceptors (Lipinski definition) is 8. The number of carbonyl (C=O) groups is 1. The first kappa shape index (κ1) is 21.4. The lowest BCUT2D eigenvalue weighted by Crippen LogP contribution is -2.34. The zero-order valence-corrected chi connectivity index (χ0v) is 18.0. The number of anilines is 4. The van der Waals surface area contributed by atoms with Gasteiger partial charge in [0.25, 0.3) is 5.91 Å².